The Labute approximate surface area is 91.0 Å². The first kappa shape index (κ1) is 11.5. The lowest BCUT2D eigenvalue weighted by molar-refractivity contribution is 0.187. The van der Waals surface area contributed by atoms with Crippen LogP contribution in [0.15, 0.2) is 0 Å². The maximum atomic E-state index is 3.64. The van der Waals surface area contributed by atoms with Gasteiger partial charge in [-0.25, -0.2) is 0 Å². The Hall–Kier alpha value is 0.440. The van der Waals surface area contributed by atoms with Crippen LogP contribution in [0.25, 0.3) is 0 Å². The normalized spacial score (nSPS) is 19.8. The Kier molecular flexibility index (Phi) is 4.24. The molecule has 0 aromatic rings. The number of alkyl halides is 1. The summed E-state index contributed by atoms with van der Waals surface area (Å²) in [5, 5.41) is 1.19. The third-order valence-electron chi connectivity index (χ3n) is 3.02. The topological polar surface area (TPSA) is 3.24 Å². The summed E-state index contributed by atoms with van der Waals surface area (Å²) in [6.45, 7) is 9.43. The number of rotatable bonds is 6. The minimum Gasteiger partial charge on any atom is -0.300 e. The Morgan fingerprint density at radius 2 is 2.00 bits per heavy atom. The summed E-state index contributed by atoms with van der Waals surface area (Å²) in [5.41, 5.74) is 0.638. The van der Waals surface area contributed by atoms with Crippen molar-refractivity contribution >= 4 is 15.9 Å². The van der Waals surface area contributed by atoms with E-state index in [2.05, 4.69) is 41.6 Å². The van der Waals surface area contributed by atoms with Crippen LogP contribution in [0.3, 0.4) is 0 Å². The quantitative estimate of drug-likeness (QED) is 0.652. The van der Waals surface area contributed by atoms with Gasteiger partial charge in [-0.3, -0.25) is 0 Å². The predicted octanol–water partition coefficient (Wildman–Crippen LogP) is 3.28. The highest BCUT2D eigenvalue weighted by Crippen LogP contribution is 2.47. The first-order valence-electron chi connectivity index (χ1n) is 5.43. The maximum Gasteiger partial charge on any atom is 0.0100 e. The zero-order valence-corrected chi connectivity index (χ0v) is 10.7. The van der Waals surface area contributed by atoms with E-state index in [0.29, 0.717) is 11.5 Å². The van der Waals surface area contributed by atoms with Crippen LogP contribution in [-0.4, -0.2) is 29.4 Å². The lowest BCUT2D eigenvalue weighted by Gasteiger charge is -2.29. The Morgan fingerprint density at radius 1 is 1.38 bits per heavy atom. The molecule has 0 radical (unpaired) electrons. The number of hydrogen-bond acceptors (Lipinski definition) is 1. The molecule has 0 unspecified atom stereocenters. The van der Waals surface area contributed by atoms with Crippen LogP contribution in [0, 0.1) is 5.41 Å². The summed E-state index contributed by atoms with van der Waals surface area (Å²) in [5.74, 6) is 0. The third kappa shape index (κ3) is 3.25. The molecule has 0 bridgehead atoms. The van der Waals surface area contributed by atoms with E-state index in [4.69, 9.17) is 0 Å². The highest BCUT2D eigenvalue weighted by Gasteiger charge is 2.42. The van der Waals surface area contributed by atoms with Gasteiger partial charge in [0, 0.05) is 17.9 Å². The molecule has 1 saturated carbocycles. The molecule has 1 nitrogen and oxygen atoms in total. The summed E-state index contributed by atoms with van der Waals surface area (Å²) in [7, 11) is 0. The van der Waals surface area contributed by atoms with Gasteiger partial charge in [-0.2, -0.15) is 0 Å². The molecule has 0 aromatic carbocycles. The van der Waals surface area contributed by atoms with Crippen LogP contribution < -0.4 is 0 Å². The molecule has 0 amide bonds. The largest absolute Gasteiger partial charge is 0.300 e. The van der Waals surface area contributed by atoms with Gasteiger partial charge in [0.05, 0.1) is 0 Å². The summed E-state index contributed by atoms with van der Waals surface area (Å²) < 4.78 is 0. The monoisotopic (exact) mass is 247 g/mol. The fraction of sp³-hybridized carbons (Fsp3) is 1.00. The lowest BCUT2D eigenvalue weighted by atomic mass is 10.1. The molecule has 0 spiro atoms. The molecule has 1 aliphatic rings. The van der Waals surface area contributed by atoms with E-state index in [1.54, 1.807) is 0 Å². The van der Waals surface area contributed by atoms with Crippen molar-refractivity contribution in [1.29, 1.82) is 0 Å². The molecule has 0 aliphatic heterocycles. The van der Waals surface area contributed by atoms with Gasteiger partial charge in [0.25, 0.3) is 0 Å². The van der Waals surface area contributed by atoms with Gasteiger partial charge >= 0.3 is 0 Å². The van der Waals surface area contributed by atoms with Crippen LogP contribution in [0.1, 0.15) is 40.0 Å². The van der Waals surface area contributed by atoms with Crippen molar-refractivity contribution in [3.63, 3.8) is 0 Å². The highest BCUT2D eigenvalue weighted by atomic mass is 79.9. The molecule has 0 aromatic heterocycles. The smallest absolute Gasteiger partial charge is 0.0100 e. The Morgan fingerprint density at radius 3 is 2.31 bits per heavy atom. The van der Waals surface area contributed by atoms with Crippen LogP contribution in [0.4, 0.5) is 0 Å². The Balaban J connectivity index is 2.38. The number of hydrogen-bond donors (Lipinski definition) is 0. The molecule has 1 aliphatic carbocycles. The van der Waals surface area contributed by atoms with Gasteiger partial charge in [-0.15, -0.1) is 0 Å². The van der Waals surface area contributed by atoms with Crippen molar-refractivity contribution in [3.05, 3.63) is 0 Å². The number of nitrogens with zero attached hydrogens (tertiary/aromatic N) is 1. The molecule has 0 N–H and O–H groups in total. The molecule has 0 heterocycles. The summed E-state index contributed by atoms with van der Waals surface area (Å²) in [6.07, 6.45) is 4.12. The van der Waals surface area contributed by atoms with Gasteiger partial charge in [0.2, 0.25) is 0 Å². The van der Waals surface area contributed by atoms with Crippen molar-refractivity contribution in [3.8, 4) is 0 Å². The van der Waals surface area contributed by atoms with Crippen LogP contribution in [0.2, 0.25) is 0 Å². The molecule has 13 heavy (non-hydrogen) atoms. The first-order valence-corrected chi connectivity index (χ1v) is 6.56. The van der Waals surface area contributed by atoms with Crippen molar-refractivity contribution in [1.82, 2.24) is 4.90 Å². The maximum absolute atomic E-state index is 3.64. The molecule has 78 valence electrons. The van der Waals surface area contributed by atoms with Crippen LogP contribution in [0.5, 0.6) is 0 Å². The minimum atomic E-state index is 0.638. The summed E-state index contributed by atoms with van der Waals surface area (Å²) >= 11 is 3.64. The molecule has 2 heteroatoms. The standard InChI is InChI=1S/C11H22BrN/c1-4-7-13(10(2)3)9-11(8-12)5-6-11/h10H,4-9H2,1-3H3. The van der Waals surface area contributed by atoms with Crippen molar-refractivity contribution in [2.75, 3.05) is 18.4 Å². The van der Waals surface area contributed by atoms with Gasteiger partial charge in [0.15, 0.2) is 0 Å². The number of halogens is 1. The molecule has 0 saturated heterocycles. The van der Waals surface area contributed by atoms with Gasteiger partial charge in [-0.1, -0.05) is 22.9 Å². The zero-order valence-electron chi connectivity index (χ0n) is 9.15. The van der Waals surface area contributed by atoms with Crippen LogP contribution >= 0.6 is 15.9 Å². The average molecular weight is 248 g/mol. The SMILES string of the molecule is CCCN(CC1(CBr)CC1)C(C)C. The molecular weight excluding hydrogens is 226 g/mol. The van der Waals surface area contributed by atoms with Crippen LogP contribution in [-0.2, 0) is 0 Å². The van der Waals surface area contributed by atoms with E-state index < -0.39 is 0 Å². The molecule has 1 rings (SSSR count). The lowest BCUT2D eigenvalue weighted by Crippen LogP contribution is -2.37. The molecular formula is C11H22BrN. The zero-order chi connectivity index (χ0) is 9.90. The highest BCUT2D eigenvalue weighted by molar-refractivity contribution is 9.09. The first-order chi connectivity index (χ1) is 6.13. The second kappa shape index (κ2) is 4.79. The third-order valence-corrected chi connectivity index (χ3v) is 4.21. The van der Waals surface area contributed by atoms with Crippen molar-refractivity contribution < 1.29 is 0 Å². The molecule has 0 atom stereocenters. The minimum absolute atomic E-state index is 0.638. The molecule has 1 fully saturated rings. The average Bonchev–Trinajstić information content (AvgIpc) is 2.85. The fourth-order valence-corrected chi connectivity index (χ4v) is 2.49. The van der Waals surface area contributed by atoms with Gasteiger partial charge in [-0.05, 0) is 45.1 Å². The van der Waals surface area contributed by atoms with Crippen molar-refractivity contribution in [2.24, 2.45) is 5.41 Å². The van der Waals surface area contributed by atoms with Crippen molar-refractivity contribution in [2.45, 2.75) is 46.1 Å². The van der Waals surface area contributed by atoms with Gasteiger partial charge in [0.1, 0.15) is 0 Å². The van der Waals surface area contributed by atoms with E-state index in [9.17, 15) is 0 Å². The van der Waals surface area contributed by atoms with E-state index >= 15 is 0 Å². The van der Waals surface area contributed by atoms with E-state index in [1.807, 2.05) is 0 Å². The Bertz CT molecular complexity index is 152. The predicted molar refractivity (Wildman–Crippen MR) is 62.5 cm³/mol. The second-order valence-corrected chi connectivity index (χ2v) is 5.26. The van der Waals surface area contributed by atoms with E-state index in [1.165, 1.54) is 37.7 Å². The second-order valence-electron chi connectivity index (χ2n) is 4.70. The fourth-order valence-electron chi connectivity index (χ4n) is 1.75. The van der Waals surface area contributed by atoms with E-state index in [0.717, 1.165) is 0 Å². The van der Waals surface area contributed by atoms with E-state index in [-0.39, 0.29) is 0 Å². The summed E-state index contributed by atoms with van der Waals surface area (Å²) in [4.78, 5) is 2.62. The van der Waals surface area contributed by atoms with Gasteiger partial charge < -0.3 is 4.90 Å². The summed E-state index contributed by atoms with van der Waals surface area (Å²) in [6, 6.07) is 0.705.